The second-order valence-electron chi connectivity index (χ2n) is 5.79. The number of ether oxygens (including phenoxy) is 1. The smallest absolute Gasteiger partial charge is 0.277 e. The second kappa shape index (κ2) is 6.05. The molecule has 0 bridgehead atoms. The van der Waals surface area contributed by atoms with E-state index in [1.807, 2.05) is 25.1 Å². The molecule has 0 spiro atoms. The molecule has 2 heterocycles. The lowest BCUT2D eigenvalue weighted by Gasteiger charge is -2.05. The Labute approximate surface area is 142 Å². The lowest BCUT2D eigenvalue weighted by Crippen LogP contribution is -2.21. The molecule has 0 saturated heterocycles. The quantitative estimate of drug-likeness (QED) is 0.620. The lowest BCUT2D eigenvalue weighted by atomic mass is 10.2. The van der Waals surface area contributed by atoms with Gasteiger partial charge in [-0.25, -0.2) is 9.37 Å². The Morgan fingerprint density at radius 1 is 1.20 bits per heavy atom. The van der Waals surface area contributed by atoms with Crippen molar-refractivity contribution in [2.45, 2.75) is 13.5 Å². The fourth-order valence-corrected chi connectivity index (χ4v) is 2.92. The van der Waals surface area contributed by atoms with Crippen molar-refractivity contribution < 1.29 is 9.13 Å². The Morgan fingerprint density at radius 2 is 2.00 bits per heavy atom. The fourth-order valence-electron chi connectivity index (χ4n) is 2.92. The topological polar surface area (TPSA) is 59.9 Å². The van der Waals surface area contributed by atoms with Crippen molar-refractivity contribution >= 4 is 21.9 Å². The van der Waals surface area contributed by atoms with Crippen LogP contribution >= 0.6 is 0 Å². The summed E-state index contributed by atoms with van der Waals surface area (Å²) in [7, 11) is 0. The van der Waals surface area contributed by atoms with Gasteiger partial charge in [-0.15, -0.1) is 0 Å². The van der Waals surface area contributed by atoms with Crippen molar-refractivity contribution in [2.75, 3.05) is 6.61 Å². The summed E-state index contributed by atoms with van der Waals surface area (Å²) in [4.78, 5) is 20.4. The Bertz CT molecular complexity index is 1110. The Kier molecular flexibility index (Phi) is 3.72. The third-order valence-corrected chi connectivity index (χ3v) is 4.12. The normalized spacial score (nSPS) is 11.3. The molecule has 0 radical (unpaired) electrons. The van der Waals surface area contributed by atoms with Gasteiger partial charge in [0.2, 0.25) is 0 Å². The van der Waals surface area contributed by atoms with Crippen molar-refractivity contribution in [3.05, 3.63) is 70.5 Å². The lowest BCUT2D eigenvalue weighted by molar-refractivity contribution is 0.341. The Morgan fingerprint density at radius 3 is 2.76 bits per heavy atom. The van der Waals surface area contributed by atoms with E-state index in [1.165, 1.54) is 23.0 Å². The van der Waals surface area contributed by atoms with E-state index in [-0.39, 0.29) is 11.4 Å². The van der Waals surface area contributed by atoms with Crippen LogP contribution in [0.15, 0.2) is 53.6 Å². The molecule has 0 amide bonds. The number of aromatic nitrogens is 3. The molecule has 0 saturated carbocycles. The molecule has 0 aliphatic heterocycles. The SMILES string of the molecule is CCOc1ccc2[nH]c3c(=O)n(Cc4ccc(F)cc4)cnc3c2c1. The predicted molar refractivity (Wildman–Crippen MR) is 94.5 cm³/mol. The third-order valence-electron chi connectivity index (χ3n) is 4.12. The van der Waals surface area contributed by atoms with Crippen molar-refractivity contribution in [1.82, 2.24) is 14.5 Å². The van der Waals surface area contributed by atoms with Crippen LogP contribution < -0.4 is 10.3 Å². The number of hydrogen-bond donors (Lipinski definition) is 1. The van der Waals surface area contributed by atoms with E-state index in [0.717, 1.165) is 22.2 Å². The number of nitrogens with zero attached hydrogens (tertiary/aromatic N) is 2. The molecule has 0 atom stereocenters. The first-order valence-corrected chi connectivity index (χ1v) is 8.04. The maximum atomic E-state index is 13.0. The largest absolute Gasteiger partial charge is 0.494 e. The molecule has 2 aromatic carbocycles. The number of H-pyrrole nitrogens is 1. The summed E-state index contributed by atoms with van der Waals surface area (Å²) in [6.07, 6.45) is 1.52. The number of aromatic amines is 1. The third kappa shape index (κ3) is 2.76. The maximum Gasteiger partial charge on any atom is 0.277 e. The number of hydrogen-bond acceptors (Lipinski definition) is 3. The minimum atomic E-state index is -0.301. The van der Waals surface area contributed by atoms with Crippen LogP contribution in [0.2, 0.25) is 0 Å². The molecule has 0 unspecified atom stereocenters. The molecule has 1 N–H and O–H groups in total. The molecule has 6 heteroatoms. The van der Waals surface area contributed by atoms with E-state index in [2.05, 4.69) is 9.97 Å². The van der Waals surface area contributed by atoms with E-state index in [4.69, 9.17) is 4.74 Å². The summed E-state index contributed by atoms with van der Waals surface area (Å²) < 4.78 is 20.1. The first-order chi connectivity index (χ1) is 12.2. The van der Waals surface area contributed by atoms with Gasteiger partial charge in [-0.05, 0) is 42.8 Å². The van der Waals surface area contributed by atoms with Crippen LogP contribution in [0.3, 0.4) is 0 Å². The van der Waals surface area contributed by atoms with E-state index in [9.17, 15) is 9.18 Å². The number of nitrogens with one attached hydrogen (secondary N) is 1. The number of fused-ring (bicyclic) bond motifs is 3. The number of benzene rings is 2. The highest BCUT2D eigenvalue weighted by molar-refractivity contribution is 6.04. The van der Waals surface area contributed by atoms with Gasteiger partial charge in [0.05, 0.1) is 19.5 Å². The highest BCUT2D eigenvalue weighted by atomic mass is 19.1. The molecular formula is C19H16FN3O2. The van der Waals surface area contributed by atoms with E-state index in [1.54, 1.807) is 12.1 Å². The number of rotatable bonds is 4. The van der Waals surface area contributed by atoms with Crippen LogP contribution in [0.1, 0.15) is 12.5 Å². The molecule has 25 heavy (non-hydrogen) atoms. The van der Waals surface area contributed by atoms with Gasteiger partial charge in [0, 0.05) is 10.9 Å². The van der Waals surface area contributed by atoms with Gasteiger partial charge >= 0.3 is 0 Å². The Balaban J connectivity index is 1.80. The second-order valence-corrected chi connectivity index (χ2v) is 5.79. The van der Waals surface area contributed by atoms with E-state index >= 15 is 0 Å². The van der Waals surface area contributed by atoms with Crippen LogP contribution in [0.5, 0.6) is 5.75 Å². The molecule has 0 fully saturated rings. The van der Waals surface area contributed by atoms with E-state index in [0.29, 0.717) is 24.2 Å². The molecule has 0 aliphatic rings. The van der Waals surface area contributed by atoms with Crippen LogP contribution in [0, 0.1) is 5.82 Å². The zero-order chi connectivity index (χ0) is 17.4. The van der Waals surface area contributed by atoms with Gasteiger partial charge in [0.15, 0.2) is 0 Å². The van der Waals surface area contributed by atoms with Gasteiger partial charge in [0.1, 0.15) is 22.6 Å². The summed E-state index contributed by atoms with van der Waals surface area (Å²) in [5.41, 5.74) is 2.58. The van der Waals surface area contributed by atoms with Gasteiger partial charge in [0.25, 0.3) is 5.56 Å². The molecule has 4 aromatic rings. The van der Waals surface area contributed by atoms with Crippen LogP contribution in [-0.2, 0) is 6.54 Å². The summed E-state index contributed by atoms with van der Waals surface area (Å²) in [6, 6.07) is 11.7. The van der Waals surface area contributed by atoms with Crippen LogP contribution in [0.4, 0.5) is 4.39 Å². The highest BCUT2D eigenvalue weighted by Crippen LogP contribution is 2.25. The minimum absolute atomic E-state index is 0.163. The number of halogens is 1. The van der Waals surface area contributed by atoms with E-state index < -0.39 is 0 Å². The standard InChI is InChI=1S/C19H16FN3O2/c1-2-25-14-7-8-16-15(9-14)17-18(22-16)19(24)23(11-21-17)10-12-3-5-13(20)6-4-12/h3-9,11,22H,2,10H2,1H3. The van der Waals surface area contributed by atoms with Crippen molar-refractivity contribution in [1.29, 1.82) is 0 Å². The molecule has 0 aliphatic carbocycles. The first-order valence-electron chi connectivity index (χ1n) is 8.04. The molecule has 126 valence electrons. The highest BCUT2D eigenvalue weighted by Gasteiger charge is 2.12. The first kappa shape index (κ1) is 15.4. The van der Waals surface area contributed by atoms with Crippen LogP contribution in [-0.4, -0.2) is 21.1 Å². The van der Waals surface area contributed by atoms with Gasteiger partial charge < -0.3 is 9.72 Å². The van der Waals surface area contributed by atoms with Gasteiger partial charge in [-0.2, -0.15) is 0 Å². The van der Waals surface area contributed by atoms with Gasteiger partial charge in [-0.1, -0.05) is 12.1 Å². The summed E-state index contributed by atoms with van der Waals surface area (Å²) in [5, 5.41) is 0.854. The summed E-state index contributed by atoms with van der Waals surface area (Å²) in [6.45, 7) is 2.83. The van der Waals surface area contributed by atoms with Crippen molar-refractivity contribution in [3.63, 3.8) is 0 Å². The van der Waals surface area contributed by atoms with Crippen LogP contribution in [0.25, 0.3) is 21.9 Å². The minimum Gasteiger partial charge on any atom is -0.494 e. The average Bonchev–Trinajstić information content (AvgIpc) is 2.98. The molecule has 4 rings (SSSR count). The summed E-state index contributed by atoms with van der Waals surface area (Å²) >= 11 is 0. The predicted octanol–water partition coefficient (Wildman–Crippen LogP) is 3.46. The Hall–Kier alpha value is -3.15. The average molecular weight is 337 g/mol. The zero-order valence-electron chi connectivity index (χ0n) is 13.6. The zero-order valence-corrected chi connectivity index (χ0v) is 13.6. The monoisotopic (exact) mass is 337 g/mol. The summed E-state index contributed by atoms with van der Waals surface area (Å²) in [5.74, 6) is 0.443. The van der Waals surface area contributed by atoms with Crippen molar-refractivity contribution in [2.24, 2.45) is 0 Å². The van der Waals surface area contributed by atoms with Gasteiger partial charge in [-0.3, -0.25) is 9.36 Å². The molecule has 2 aromatic heterocycles. The van der Waals surface area contributed by atoms with Crippen molar-refractivity contribution in [3.8, 4) is 5.75 Å². The maximum absolute atomic E-state index is 13.0. The molecular weight excluding hydrogens is 321 g/mol. The molecule has 5 nitrogen and oxygen atoms in total. The fraction of sp³-hybridized carbons (Fsp3) is 0.158.